The van der Waals surface area contributed by atoms with E-state index >= 15 is 0 Å². The van der Waals surface area contributed by atoms with Gasteiger partial charge in [-0.2, -0.15) is 0 Å². The van der Waals surface area contributed by atoms with Crippen molar-refractivity contribution in [2.24, 2.45) is 4.99 Å². The summed E-state index contributed by atoms with van der Waals surface area (Å²) in [6.45, 7) is 9.57. The number of esters is 1. The van der Waals surface area contributed by atoms with Crippen molar-refractivity contribution >= 4 is 11.7 Å². The molecule has 1 atom stereocenters. The van der Waals surface area contributed by atoms with Crippen molar-refractivity contribution in [1.82, 2.24) is 14.8 Å². The summed E-state index contributed by atoms with van der Waals surface area (Å²) in [5.74, 6) is 1.10. The van der Waals surface area contributed by atoms with Crippen LogP contribution in [0.5, 0.6) is 0 Å². The molecule has 154 valence electrons. The first-order chi connectivity index (χ1) is 14.2. The Morgan fingerprint density at radius 2 is 1.80 bits per heavy atom. The quantitative estimate of drug-likeness (QED) is 0.605. The van der Waals surface area contributed by atoms with E-state index in [4.69, 9.17) is 9.73 Å². The van der Waals surface area contributed by atoms with Crippen molar-refractivity contribution in [3.63, 3.8) is 0 Å². The molecular formula is C24H26N4O2. The van der Waals surface area contributed by atoms with Crippen molar-refractivity contribution < 1.29 is 9.53 Å². The van der Waals surface area contributed by atoms with Crippen LogP contribution in [0.3, 0.4) is 0 Å². The van der Waals surface area contributed by atoms with Crippen LogP contribution in [-0.2, 0) is 9.53 Å². The van der Waals surface area contributed by atoms with Crippen LogP contribution in [0, 0.1) is 13.8 Å². The van der Waals surface area contributed by atoms with Crippen LogP contribution in [0.1, 0.15) is 61.6 Å². The molecule has 1 aliphatic heterocycles. The molecule has 0 amide bonds. The van der Waals surface area contributed by atoms with E-state index in [9.17, 15) is 4.79 Å². The Kier molecular flexibility index (Phi) is 5.02. The minimum atomic E-state index is -0.558. The van der Waals surface area contributed by atoms with E-state index in [2.05, 4.69) is 35.3 Å². The molecule has 0 saturated heterocycles. The Balaban J connectivity index is 1.90. The summed E-state index contributed by atoms with van der Waals surface area (Å²) in [5.41, 5.74) is 4.37. The van der Waals surface area contributed by atoms with Gasteiger partial charge in [0.15, 0.2) is 5.82 Å². The van der Waals surface area contributed by atoms with Gasteiger partial charge in [-0.25, -0.2) is 0 Å². The molecule has 0 aliphatic carbocycles. The largest absolute Gasteiger partial charge is 0.460 e. The van der Waals surface area contributed by atoms with Crippen molar-refractivity contribution in [1.29, 1.82) is 0 Å². The standard InChI is InChI=1S/C24H26N4O2/c1-15-11-12-20-18(13-15)22(17-9-7-6-8-10-17)25-19(14-21(29)30-24(3,4)5)23-27-26-16(2)28(20)23/h6-13,19H,14H2,1-5H3/t19-/m0/s1. The number of nitrogens with zero attached hydrogens (tertiary/aromatic N) is 4. The number of carbonyl (C=O) groups excluding carboxylic acids is 1. The lowest BCUT2D eigenvalue weighted by Crippen LogP contribution is -2.25. The van der Waals surface area contributed by atoms with Crippen LogP contribution in [0.4, 0.5) is 0 Å². The monoisotopic (exact) mass is 402 g/mol. The van der Waals surface area contributed by atoms with Gasteiger partial charge in [-0.05, 0) is 46.8 Å². The topological polar surface area (TPSA) is 69.4 Å². The highest BCUT2D eigenvalue weighted by molar-refractivity contribution is 6.15. The number of hydrogen-bond acceptors (Lipinski definition) is 5. The lowest BCUT2D eigenvalue weighted by atomic mass is 9.98. The predicted molar refractivity (Wildman–Crippen MR) is 116 cm³/mol. The molecule has 3 aromatic rings. The number of aromatic nitrogens is 3. The first kappa shape index (κ1) is 20.0. The molecule has 6 nitrogen and oxygen atoms in total. The van der Waals surface area contributed by atoms with E-state index in [1.54, 1.807) is 0 Å². The molecule has 30 heavy (non-hydrogen) atoms. The Bertz CT molecular complexity index is 1120. The van der Waals surface area contributed by atoms with E-state index in [1.807, 2.05) is 62.6 Å². The Labute approximate surface area is 176 Å². The van der Waals surface area contributed by atoms with E-state index < -0.39 is 11.6 Å². The summed E-state index contributed by atoms with van der Waals surface area (Å²) in [5, 5.41) is 8.68. The van der Waals surface area contributed by atoms with Crippen LogP contribution in [0.15, 0.2) is 53.5 Å². The van der Waals surface area contributed by atoms with Crippen LogP contribution < -0.4 is 0 Å². The summed E-state index contributed by atoms with van der Waals surface area (Å²) in [4.78, 5) is 17.7. The van der Waals surface area contributed by atoms with Crippen LogP contribution >= 0.6 is 0 Å². The fraction of sp³-hybridized carbons (Fsp3) is 0.333. The van der Waals surface area contributed by atoms with E-state index in [1.165, 1.54) is 0 Å². The molecule has 2 aromatic carbocycles. The Morgan fingerprint density at radius 3 is 2.50 bits per heavy atom. The van der Waals surface area contributed by atoms with Gasteiger partial charge >= 0.3 is 5.97 Å². The second-order valence-corrected chi connectivity index (χ2v) is 8.61. The zero-order valence-electron chi connectivity index (χ0n) is 18.0. The number of fused-ring (bicyclic) bond motifs is 3. The van der Waals surface area contributed by atoms with Gasteiger partial charge in [0, 0.05) is 11.1 Å². The normalized spacial score (nSPS) is 15.6. The van der Waals surface area contributed by atoms with Gasteiger partial charge in [-0.3, -0.25) is 14.4 Å². The number of aryl methyl sites for hydroxylation is 2. The van der Waals surface area contributed by atoms with Gasteiger partial charge < -0.3 is 4.74 Å². The molecule has 0 spiro atoms. The third-order valence-electron chi connectivity index (χ3n) is 4.91. The molecule has 0 bridgehead atoms. The van der Waals surface area contributed by atoms with E-state index in [0.717, 1.165) is 33.9 Å². The Hall–Kier alpha value is -3.28. The van der Waals surface area contributed by atoms with Crippen molar-refractivity contribution in [3.05, 3.63) is 76.9 Å². The zero-order valence-corrected chi connectivity index (χ0v) is 18.0. The number of benzene rings is 2. The number of aliphatic imine (C=N–C) groups is 1. The van der Waals surface area contributed by atoms with Crippen molar-refractivity contribution in [2.45, 2.75) is 52.7 Å². The molecule has 6 heteroatoms. The third kappa shape index (κ3) is 3.90. The minimum absolute atomic E-state index is 0.0959. The number of carbonyl (C=O) groups is 1. The highest BCUT2D eigenvalue weighted by atomic mass is 16.6. The highest BCUT2D eigenvalue weighted by Crippen LogP contribution is 2.33. The van der Waals surface area contributed by atoms with Gasteiger partial charge in [0.2, 0.25) is 0 Å². The van der Waals surface area contributed by atoms with E-state index in [-0.39, 0.29) is 12.4 Å². The number of ether oxygens (including phenoxy) is 1. The number of hydrogen-bond donors (Lipinski definition) is 0. The fourth-order valence-electron chi connectivity index (χ4n) is 3.71. The summed E-state index contributed by atoms with van der Waals surface area (Å²) in [6, 6.07) is 15.8. The molecular weight excluding hydrogens is 376 g/mol. The molecule has 0 fully saturated rings. The SMILES string of the molecule is Cc1ccc2c(c1)C(c1ccccc1)=N[C@@H](CC(=O)OC(C)(C)C)c1nnc(C)n1-2. The average molecular weight is 402 g/mol. The van der Waals surface area contributed by atoms with Crippen LogP contribution in [0.25, 0.3) is 5.69 Å². The van der Waals surface area contributed by atoms with Crippen molar-refractivity contribution in [2.75, 3.05) is 0 Å². The molecule has 1 aromatic heterocycles. The maximum Gasteiger partial charge on any atom is 0.308 e. The molecule has 1 aliphatic rings. The van der Waals surface area contributed by atoms with Gasteiger partial charge in [0.25, 0.3) is 0 Å². The lowest BCUT2D eigenvalue weighted by molar-refractivity contribution is -0.155. The third-order valence-corrected chi connectivity index (χ3v) is 4.91. The van der Waals surface area contributed by atoms with Crippen LogP contribution in [-0.4, -0.2) is 32.0 Å². The zero-order chi connectivity index (χ0) is 21.5. The average Bonchev–Trinajstić information content (AvgIpc) is 2.99. The first-order valence-electron chi connectivity index (χ1n) is 10.1. The van der Waals surface area contributed by atoms with Crippen molar-refractivity contribution in [3.8, 4) is 5.69 Å². The Morgan fingerprint density at radius 1 is 1.07 bits per heavy atom. The molecule has 0 saturated carbocycles. The smallest absolute Gasteiger partial charge is 0.308 e. The number of rotatable bonds is 3. The summed E-state index contributed by atoms with van der Waals surface area (Å²) in [6.07, 6.45) is 0.0959. The lowest BCUT2D eigenvalue weighted by Gasteiger charge is -2.20. The van der Waals surface area contributed by atoms with Gasteiger partial charge in [-0.15, -0.1) is 10.2 Å². The predicted octanol–water partition coefficient (Wildman–Crippen LogP) is 4.51. The maximum absolute atomic E-state index is 12.7. The second kappa shape index (κ2) is 7.52. The van der Waals surface area contributed by atoms with Gasteiger partial charge in [0.1, 0.15) is 17.5 Å². The van der Waals surface area contributed by atoms with Gasteiger partial charge in [0.05, 0.1) is 17.8 Å². The second-order valence-electron chi connectivity index (χ2n) is 8.61. The summed E-state index contributed by atoms with van der Waals surface area (Å²) >= 11 is 0. The fourth-order valence-corrected chi connectivity index (χ4v) is 3.71. The summed E-state index contributed by atoms with van der Waals surface area (Å²) in [7, 11) is 0. The minimum Gasteiger partial charge on any atom is -0.460 e. The maximum atomic E-state index is 12.7. The molecule has 2 heterocycles. The summed E-state index contributed by atoms with van der Waals surface area (Å²) < 4.78 is 7.58. The molecule has 0 N–H and O–H groups in total. The molecule has 0 unspecified atom stereocenters. The van der Waals surface area contributed by atoms with Gasteiger partial charge in [-0.1, -0.05) is 42.0 Å². The van der Waals surface area contributed by atoms with Crippen LogP contribution in [0.2, 0.25) is 0 Å². The molecule has 4 rings (SSSR count). The highest BCUT2D eigenvalue weighted by Gasteiger charge is 2.31. The van der Waals surface area contributed by atoms with E-state index in [0.29, 0.717) is 5.82 Å². The molecule has 0 radical (unpaired) electrons. The first-order valence-corrected chi connectivity index (χ1v) is 10.1.